The number of anilines is 2. The predicted octanol–water partition coefficient (Wildman–Crippen LogP) is 6.96. The summed E-state index contributed by atoms with van der Waals surface area (Å²) in [4.78, 5) is 28.9. The van der Waals surface area contributed by atoms with Crippen molar-refractivity contribution in [3.8, 4) is 33.8 Å². The summed E-state index contributed by atoms with van der Waals surface area (Å²) in [6, 6.07) is 21.2. The molecule has 4 aromatic carbocycles. The fourth-order valence-electron chi connectivity index (χ4n) is 9.39. The van der Waals surface area contributed by atoms with Crippen molar-refractivity contribution in [2.75, 3.05) is 63.4 Å². The summed E-state index contributed by atoms with van der Waals surface area (Å²) >= 11 is 12.2. The van der Waals surface area contributed by atoms with Crippen molar-refractivity contribution in [1.82, 2.24) is 18.9 Å². The van der Waals surface area contributed by atoms with Crippen LogP contribution < -0.4 is 19.3 Å². The smallest absolute Gasteiger partial charge is 0.253 e. The highest BCUT2D eigenvalue weighted by atomic mass is 35.5. The molecule has 10 rings (SSSR count). The fraction of sp³-hybridized carbons (Fsp3) is 0.333. The number of nitrogens with zero attached hydrogens (tertiary/aromatic N) is 6. The van der Waals surface area contributed by atoms with Gasteiger partial charge in [-0.1, -0.05) is 57.8 Å². The first-order chi connectivity index (χ1) is 34.5. The van der Waals surface area contributed by atoms with Gasteiger partial charge in [-0.05, 0) is 60.4 Å². The molecule has 4 aliphatic rings. The number of carbonyl (C=O) groups excluding carboxylic acids is 2. The number of carbonyl (C=O) groups is 2. The summed E-state index contributed by atoms with van der Waals surface area (Å²) < 4.78 is 117. The summed E-state index contributed by atoms with van der Waals surface area (Å²) in [5.41, 5.74) is 2.85. The Bertz CT molecular complexity index is 2980. The van der Waals surface area contributed by atoms with Crippen LogP contribution in [0.4, 0.5) is 20.2 Å². The van der Waals surface area contributed by atoms with Gasteiger partial charge in [-0.15, -0.1) is 0 Å². The molecule has 18 nitrogen and oxygen atoms in total. The van der Waals surface area contributed by atoms with Gasteiger partial charge in [0.25, 0.3) is 11.8 Å². The molecule has 4 aliphatic heterocycles. The van der Waals surface area contributed by atoms with E-state index in [0.29, 0.717) is 56.9 Å². The number of fused-ring (bicyclic) bond motifs is 2. The second-order valence-electron chi connectivity index (χ2n) is 17.2. The minimum absolute atomic E-state index is 0.0556. The van der Waals surface area contributed by atoms with Crippen molar-refractivity contribution in [1.29, 1.82) is 0 Å². The monoisotopic (exact) mass is 1070 g/mol. The zero-order valence-corrected chi connectivity index (χ0v) is 41.7. The highest BCUT2D eigenvalue weighted by molar-refractivity contribution is 7.88. The molecule has 6 heterocycles. The van der Waals surface area contributed by atoms with Gasteiger partial charge in [0.05, 0.1) is 61.3 Å². The number of rotatable bonds is 12. The first kappa shape index (κ1) is 50.9. The zero-order valence-electron chi connectivity index (χ0n) is 38.5. The van der Waals surface area contributed by atoms with Crippen molar-refractivity contribution in [2.24, 2.45) is 0 Å². The van der Waals surface area contributed by atoms with E-state index in [1.807, 2.05) is 0 Å². The largest absolute Gasteiger partial charge is 0.495 e. The summed E-state index contributed by atoms with van der Waals surface area (Å²) in [7, 11) is -4.47. The van der Waals surface area contributed by atoms with Crippen LogP contribution in [0.2, 0.25) is 10.0 Å². The molecule has 380 valence electrons. The van der Waals surface area contributed by atoms with Crippen LogP contribution in [0.3, 0.4) is 0 Å². The lowest BCUT2D eigenvalue weighted by Gasteiger charge is -2.46. The third-order valence-corrected chi connectivity index (χ3v) is 16.8. The van der Waals surface area contributed by atoms with E-state index in [0.717, 1.165) is 0 Å². The van der Waals surface area contributed by atoms with E-state index >= 15 is 8.78 Å². The van der Waals surface area contributed by atoms with Crippen molar-refractivity contribution in [3.63, 3.8) is 0 Å². The Balaban J connectivity index is 0.000000178. The molecular formula is C48H46Cl2F2N6O12S2. The lowest BCUT2D eigenvalue weighted by Crippen LogP contribution is -2.62. The van der Waals surface area contributed by atoms with Gasteiger partial charge in [-0.2, -0.15) is 8.61 Å². The van der Waals surface area contributed by atoms with Gasteiger partial charge in [0.15, 0.2) is 0 Å². The molecule has 72 heavy (non-hydrogen) atoms. The third kappa shape index (κ3) is 10.7. The maximum atomic E-state index is 15.3. The predicted molar refractivity (Wildman–Crippen MR) is 259 cm³/mol. The molecule has 0 N–H and O–H groups in total. The number of morpholine rings is 2. The van der Waals surface area contributed by atoms with Crippen LogP contribution in [0.25, 0.3) is 22.3 Å². The number of halogens is 4. The second kappa shape index (κ2) is 21.2. The molecule has 4 fully saturated rings. The molecule has 24 heteroatoms. The van der Waals surface area contributed by atoms with Crippen molar-refractivity contribution < 1.29 is 63.2 Å². The number of sulfonamides is 2. The maximum absolute atomic E-state index is 15.3. The highest BCUT2D eigenvalue weighted by Gasteiger charge is 2.46. The Kier molecular flexibility index (Phi) is 15.0. The van der Waals surface area contributed by atoms with Crippen LogP contribution in [0.1, 0.15) is 24.2 Å². The van der Waals surface area contributed by atoms with Crippen LogP contribution in [0.5, 0.6) is 11.5 Å². The number of ether oxygens (including phenoxy) is 4. The number of amides is 2. The van der Waals surface area contributed by atoms with Gasteiger partial charge in [0.2, 0.25) is 20.0 Å². The Hall–Kier alpha value is -5.98. The van der Waals surface area contributed by atoms with Gasteiger partial charge < -0.3 is 37.8 Å². The van der Waals surface area contributed by atoms with Gasteiger partial charge in [-0.3, -0.25) is 9.59 Å². The molecule has 0 radical (unpaired) electrons. The quantitative estimate of drug-likeness (QED) is 0.122. The Morgan fingerprint density at radius 2 is 1.04 bits per heavy atom. The van der Waals surface area contributed by atoms with Gasteiger partial charge in [0.1, 0.15) is 60.4 Å². The molecule has 0 spiro atoms. The van der Waals surface area contributed by atoms with Crippen LogP contribution in [0, 0.1) is 11.6 Å². The van der Waals surface area contributed by atoms with Crippen LogP contribution in [-0.2, 0) is 50.6 Å². The van der Waals surface area contributed by atoms with Gasteiger partial charge in [-0.25, -0.2) is 25.6 Å². The Labute approximate surface area is 422 Å². The van der Waals surface area contributed by atoms with Crippen molar-refractivity contribution >= 4 is 66.4 Å². The Morgan fingerprint density at radius 3 is 1.40 bits per heavy atom. The number of methoxy groups -OCH3 is 2. The molecule has 4 saturated heterocycles. The van der Waals surface area contributed by atoms with E-state index in [-0.39, 0.29) is 85.2 Å². The number of piperidine rings is 2. The molecule has 2 aromatic heterocycles. The van der Waals surface area contributed by atoms with Crippen LogP contribution >= 0.6 is 23.2 Å². The van der Waals surface area contributed by atoms with Crippen LogP contribution in [-0.4, -0.2) is 125 Å². The molecule has 0 bridgehead atoms. The number of hydrogen-bond donors (Lipinski definition) is 0. The number of benzene rings is 4. The van der Waals surface area contributed by atoms with E-state index in [1.54, 1.807) is 48.5 Å². The van der Waals surface area contributed by atoms with Gasteiger partial charge >= 0.3 is 0 Å². The lowest BCUT2D eigenvalue weighted by molar-refractivity contribution is -0.134. The SMILES string of the molecule is COc1cc(-c2cccc(Cl)c2)c(F)cc1N1C(=O)CO[C@@H]2CN(S(=O)(=O)Cc3ccon3)CC[C@H]21.COc1cc(-c2cccc(Cl)c2)c(F)cc1N1C(=O)CO[C@H]2CN(S(=O)(=O)Cc3ccon3)CC[C@@H]21. The molecule has 6 aromatic rings. The van der Waals surface area contributed by atoms with Crippen LogP contribution in [0.15, 0.2) is 107 Å². The third-order valence-electron chi connectivity index (χ3n) is 12.8. The average molecular weight is 1070 g/mol. The highest BCUT2D eigenvalue weighted by Crippen LogP contribution is 2.42. The molecule has 4 atom stereocenters. The van der Waals surface area contributed by atoms with E-state index < -0.39 is 56.0 Å². The van der Waals surface area contributed by atoms with Crippen molar-refractivity contribution in [3.05, 3.63) is 131 Å². The van der Waals surface area contributed by atoms with E-state index in [2.05, 4.69) is 10.3 Å². The average Bonchev–Trinajstić information content (AvgIpc) is 4.08. The molecule has 0 unspecified atom stereocenters. The van der Waals surface area contributed by atoms with E-state index in [9.17, 15) is 26.4 Å². The molecule has 2 amide bonds. The maximum Gasteiger partial charge on any atom is 0.253 e. The minimum atomic E-state index is -3.68. The summed E-state index contributed by atoms with van der Waals surface area (Å²) in [5.74, 6) is -1.79. The standard InChI is InChI=1S/2C24H23ClFN3O6S/c2*1-33-22-10-18(15-3-2-4-16(25)9-15)19(26)11-21(22)29-20-5-7-28(12-23(20)34-13-24(29)30)36(31,32)14-17-6-8-35-27-17/h2*2-4,6,8-11,20,23H,5,7,12-14H2,1H3/t2*20-,23-/m10/s1. The summed E-state index contributed by atoms with van der Waals surface area (Å²) in [5, 5.41) is 8.29. The topological polar surface area (TPSA) is 204 Å². The first-order valence-electron chi connectivity index (χ1n) is 22.4. The Morgan fingerprint density at radius 1 is 0.625 bits per heavy atom. The van der Waals surface area contributed by atoms with E-state index in [1.165, 1.54) is 81.6 Å². The minimum Gasteiger partial charge on any atom is -0.495 e. The molecule has 0 saturated carbocycles. The fourth-order valence-corrected chi connectivity index (χ4v) is 12.7. The molecular weight excluding hydrogens is 1030 g/mol. The summed E-state index contributed by atoms with van der Waals surface area (Å²) in [6.45, 7) is -0.0852. The van der Waals surface area contributed by atoms with Crippen molar-refractivity contribution in [2.45, 2.75) is 48.6 Å². The van der Waals surface area contributed by atoms with Gasteiger partial charge in [0, 0.05) is 71.6 Å². The first-order valence-corrected chi connectivity index (χ1v) is 26.4. The zero-order chi connectivity index (χ0) is 50.9. The molecule has 0 aliphatic carbocycles. The second-order valence-corrected chi connectivity index (χ2v) is 22.0. The normalized spacial score (nSPS) is 20.9. The number of aromatic nitrogens is 2. The number of hydrogen-bond acceptors (Lipinski definition) is 14. The lowest BCUT2D eigenvalue weighted by atomic mass is 9.97. The van der Waals surface area contributed by atoms with E-state index in [4.69, 9.17) is 51.2 Å². The summed E-state index contributed by atoms with van der Waals surface area (Å²) in [6.07, 6.45) is 2.04.